The molecule has 2 unspecified atom stereocenters. The lowest BCUT2D eigenvalue weighted by Crippen LogP contribution is -2.53. The standard InChI is InChI=1S/C15H32N2O/c1-4-6-11-18-12-7-9-17-10-8-16-15(13-17)14(3)5-2/h14-16H,4-13H2,1-3H3. The van der Waals surface area contributed by atoms with Gasteiger partial charge in [0.2, 0.25) is 0 Å². The van der Waals surface area contributed by atoms with Gasteiger partial charge in [0.15, 0.2) is 0 Å². The van der Waals surface area contributed by atoms with Crippen LogP contribution in [0.15, 0.2) is 0 Å². The van der Waals surface area contributed by atoms with Crippen molar-refractivity contribution in [1.82, 2.24) is 10.2 Å². The van der Waals surface area contributed by atoms with Gasteiger partial charge in [0.1, 0.15) is 0 Å². The van der Waals surface area contributed by atoms with Crippen LogP contribution in [0, 0.1) is 5.92 Å². The second kappa shape index (κ2) is 9.76. The number of nitrogens with zero attached hydrogens (tertiary/aromatic N) is 1. The molecule has 2 atom stereocenters. The fraction of sp³-hybridized carbons (Fsp3) is 1.00. The van der Waals surface area contributed by atoms with Crippen molar-refractivity contribution in [2.45, 2.75) is 52.5 Å². The molecule has 18 heavy (non-hydrogen) atoms. The number of hydrogen-bond acceptors (Lipinski definition) is 3. The van der Waals surface area contributed by atoms with Crippen molar-refractivity contribution in [3.8, 4) is 0 Å². The Morgan fingerprint density at radius 3 is 2.78 bits per heavy atom. The third-order valence-electron chi connectivity index (χ3n) is 4.03. The van der Waals surface area contributed by atoms with E-state index in [1.165, 1.54) is 45.3 Å². The fourth-order valence-electron chi connectivity index (χ4n) is 2.45. The van der Waals surface area contributed by atoms with Gasteiger partial charge in [-0.15, -0.1) is 0 Å². The Labute approximate surface area is 113 Å². The maximum absolute atomic E-state index is 5.62. The second-order valence-corrected chi connectivity index (χ2v) is 5.57. The summed E-state index contributed by atoms with van der Waals surface area (Å²) in [7, 11) is 0. The molecule has 0 aromatic rings. The van der Waals surface area contributed by atoms with Crippen molar-refractivity contribution in [1.29, 1.82) is 0 Å². The summed E-state index contributed by atoms with van der Waals surface area (Å²) in [6.07, 6.45) is 4.88. The molecule has 108 valence electrons. The molecule has 0 spiro atoms. The molecule has 1 N–H and O–H groups in total. The molecule has 1 aliphatic rings. The number of ether oxygens (including phenoxy) is 1. The molecule has 1 rings (SSSR count). The highest BCUT2D eigenvalue weighted by atomic mass is 16.5. The normalized spacial score (nSPS) is 23.2. The van der Waals surface area contributed by atoms with E-state index in [1.807, 2.05) is 0 Å². The number of piperazine rings is 1. The minimum absolute atomic E-state index is 0.685. The summed E-state index contributed by atoms with van der Waals surface area (Å²) in [5, 5.41) is 3.65. The van der Waals surface area contributed by atoms with Crippen LogP contribution in [-0.2, 0) is 4.74 Å². The van der Waals surface area contributed by atoms with E-state index in [9.17, 15) is 0 Å². The zero-order valence-electron chi connectivity index (χ0n) is 12.6. The molecule has 0 amide bonds. The summed E-state index contributed by atoms with van der Waals surface area (Å²) in [5.41, 5.74) is 0. The first kappa shape index (κ1) is 15.9. The highest BCUT2D eigenvalue weighted by Gasteiger charge is 2.22. The third kappa shape index (κ3) is 6.17. The molecule has 1 saturated heterocycles. The minimum atomic E-state index is 0.685. The Morgan fingerprint density at radius 2 is 2.06 bits per heavy atom. The summed E-state index contributed by atoms with van der Waals surface area (Å²) in [5.74, 6) is 0.786. The molecule has 0 saturated carbocycles. The maximum atomic E-state index is 5.62. The van der Waals surface area contributed by atoms with Crippen LogP contribution in [-0.4, -0.2) is 50.3 Å². The van der Waals surface area contributed by atoms with Crippen LogP contribution >= 0.6 is 0 Å². The van der Waals surface area contributed by atoms with E-state index in [-0.39, 0.29) is 0 Å². The van der Waals surface area contributed by atoms with Crippen LogP contribution < -0.4 is 5.32 Å². The SMILES string of the molecule is CCCCOCCCN1CCNC(C(C)CC)C1. The monoisotopic (exact) mass is 256 g/mol. The van der Waals surface area contributed by atoms with E-state index in [1.54, 1.807) is 0 Å². The van der Waals surface area contributed by atoms with Crippen LogP contribution in [0.4, 0.5) is 0 Å². The molecule has 0 bridgehead atoms. The number of nitrogens with one attached hydrogen (secondary N) is 1. The predicted molar refractivity (Wildman–Crippen MR) is 78.0 cm³/mol. The van der Waals surface area contributed by atoms with E-state index in [2.05, 4.69) is 31.0 Å². The first-order valence-corrected chi connectivity index (χ1v) is 7.81. The van der Waals surface area contributed by atoms with Crippen LogP contribution in [0.3, 0.4) is 0 Å². The van der Waals surface area contributed by atoms with Crippen molar-refractivity contribution in [3.63, 3.8) is 0 Å². The number of hydrogen-bond donors (Lipinski definition) is 1. The van der Waals surface area contributed by atoms with E-state index < -0.39 is 0 Å². The van der Waals surface area contributed by atoms with Gasteiger partial charge in [-0.05, 0) is 18.8 Å². The highest BCUT2D eigenvalue weighted by molar-refractivity contribution is 4.81. The van der Waals surface area contributed by atoms with Crippen molar-refractivity contribution >= 4 is 0 Å². The number of unbranched alkanes of at least 4 members (excludes halogenated alkanes) is 1. The quantitative estimate of drug-likeness (QED) is 0.642. The average Bonchev–Trinajstić information content (AvgIpc) is 2.42. The number of rotatable bonds is 9. The topological polar surface area (TPSA) is 24.5 Å². The zero-order valence-corrected chi connectivity index (χ0v) is 12.6. The van der Waals surface area contributed by atoms with Crippen molar-refractivity contribution < 1.29 is 4.74 Å². The molecule has 1 aliphatic heterocycles. The summed E-state index contributed by atoms with van der Waals surface area (Å²) >= 11 is 0. The predicted octanol–water partition coefficient (Wildman–Crippen LogP) is 2.51. The van der Waals surface area contributed by atoms with E-state index in [0.717, 1.165) is 25.7 Å². The highest BCUT2D eigenvalue weighted by Crippen LogP contribution is 2.12. The molecular formula is C15H32N2O. The Kier molecular flexibility index (Phi) is 8.64. The van der Waals surface area contributed by atoms with Crippen LogP contribution in [0.25, 0.3) is 0 Å². The van der Waals surface area contributed by atoms with Gasteiger partial charge in [0, 0.05) is 45.4 Å². The van der Waals surface area contributed by atoms with Crippen LogP contribution in [0.2, 0.25) is 0 Å². The van der Waals surface area contributed by atoms with Gasteiger partial charge in [-0.25, -0.2) is 0 Å². The Morgan fingerprint density at radius 1 is 1.28 bits per heavy atom. The van der Waals surface area contributed by atoms with Crippen molar-refractivity contribution in [2.24, 2.45) is 5.92 Å². The lowest BCUT2D eigenvalue weighted by atomic mass is 9.97. The van der Waals surface area contributed by atoms with Gasteiger partial charge in [-0.2, -0.15) is 0 Å². The largest absolute Gasteiger partial charge is 0.381 e. The summed E-state index contributed by atoms with van der Waals surface area (Å²) in [6.45, 7) is 13.5. The van der Waals surface area contributed by atoms with Gasteiger partial charge >= 0.3 is 0 Å². The molecule has 0 aromatic heterocycles. The molecular weight excluding hydrogens is 224 g/mol. The van der Waals surface area contributed by atoms with Crippen molar-refractivity contribution in [2.75, 3.05) is 39.4 Å². The Bertz CT molecular complexity index is 199. The smallest absolute Gasteiger partial charge is 0.0478 e. The Hall–Kier alpha value is -0.120. The summed E-state index contributed by atoms with van der Waals surface area (Å²) in [6, 6.07) is 0.685. The molecule has 3 heteroatoms. The lowest BCUT2D eigenvalue weighted by molar-refractivity contribution is 0.107. The molecule has 0 radical (unpaired) electrons. The van der Waals surface area contributed by atoms with E-state index >= 15 is 0 Å². The molecule has 1 fully saturated rings. The van der Waals surface area contributed by atoms with E-state index in [0.29, 0.717) is 6.04 Å². The van der Waals surface area contributed by atoms with Gasteiger partial charge in [-0.3, -0.25) is 0 Å². The summed E-state index contributed by atoms with van der Waals surface area (Å²) in [4.78, 5) is 2.59. The zero-order chi connectivity index (χ0) is 13.2. The molecule has 3 nitrogen and oxygen atoms in total. The second-order valence-electron chi connectivity index (χ2n) is 5.57. The van der Waals surface area contributed by atoms with Gasteiger partial charge in [0.05, 0.1) is 0 Å². The lowest BCUT2D eigenvalue weighted by Gasteiger charge is -2.36. The average molecular weight is 256 g/mol. The van der Waals surface area contributed by atoms with Crippen LogP contribution in [0.1, 0.15) is 46.5 Å². The van der Waals surface area contributed by atoms with Gasteiger partial charge in [-0.1, -0.05) is 33.6 Å². The van der Waals surface area contributed by atoms with E-state index in [4.69, 9.17) is 4.74 Å². The Balaban J connectivity index is 2.07. The first-order valence-electron chi connectivity index (χ1n) is 7.81. The molecule has 1 heterocycles. The maximum Gasteiger partial charge on any atom is 0.0478 e. The molecule has 0 aromatic carbocycles. The minimum Gasteiger partial charge on any atom is -0.381 e. The van der Waals surface area contributed by atoms with Gasteiger partial charge in [0.25, 0.3) is 0 Å². The van der Waals surface area contributed by atoms with Crippen LogP contribution in [0.5, 0.6) is 0 Å². The van der Waals surface area contributed by atoms with Crippen molar-refractivity contribution in [3.05, 3.63) is 0 Å². The first-order chi connectivity index (χ1) is 8.77. The fourth-order valence-corrected chi connectivity index (χ4v) is 2.45. The van der Waals surface area contributed by atoms with Gasteiger partial charge < -0.3 is 15.0 Å². The molecule has 0 aliphatic carbocycles. The summed E-state index contributed by atoms with van der Waals surface area (Å²) < 4.78 is 5.62. The third-order valence-corrected chi connectivity index (χ3v) is 4.03.